The van der Waals surface area contributed by atoms with Crippen molar-refractivity contribution in [3.05, 3.63) is 17.0 Å². The summed E-state index contributed by atoms with van der Waals surface area (Å²) in [7, 11) is 0. The zero-order chi connectivity index (χ0) is 15.8. The molecule has 0 atom stereocenters. The van der Waals surface area contributed by atoms with Crippen LogP contribution in [0, 0.1) is 19.8 Å². The molecule has 1 heterocycles. The maximum absolute atomic E-state index is 12.1. The fourth-order valence-corrected chi connectivity index (χ4v) is 2.50. The molecule has 1 aromatic rings. The highest BCUT2D eigenvalue weighted by Gasteiger charge is 2.51. The van der Waals surface area contributed by atoms with E-state index < -0.39 is 11.5 Å². The lowest BCUT2D eigenvalue weighted by molar-refractivity contribution is -0.143. The topological polar surface area (TPSA) is 84.2 Å². The number of aryl methyl sites for hydroxylation is 1. The number of rotatable bonds is 6. The van der Waals surface area contributed by atoms with E-state index in [-0.39, 0.29) is 12.3 Å². The second kappa shape index (κ2) is 5.50. The van der Waals surface area contributed by atoms with Crippen LogP contribution >= 0.6 is 0 Å². The molecule has 2 rings (SSSR count). The molecular formula is C15H23N3O3. The minimum Gasteiger partial charge on any atom is -0.480 e. The van der Waals surface area contributed by atoms with Crippen molar-refractivity contribution in [3.63, 3.8) is 0 Å². The summed E-state index contributed by atoms with van der Waals surface area (Å²) in [6.45, 7) is 8.89. The van der Waals surface area contributed by atoms with Gasteiger partial charge in [-0.05, 0) is 32.6 Å². The van der Waals surface area contributed by atoms with E-state index >= 15 is 0 Å². The maximum atomic E-state index is 12.1. The Morgan fingerprint density at radius 3 is 2.48 bits per heavy atom. The van der Waals surface area contributed by atoms with Gasteiger partial charge < -0.3 is 10.4 Å². The smallest absolute Gasteiger partial charge is 0.329 e. The largest absolute Gasteiger partial charge is 0.480 e. The van der Waals surface area contributed by atoms with Crippen LogP contribution < -0.4 is 5.32 Å². The summed E-state index contributed by atoms with van der Waals surface area (Å²) in [4.78, 5) is 23.2. The lowest BCUT2D eigenvalue weighted by atomic mass is 10.1. The molecule has 0 saturated heterocycles. The molecule has 2 N–H and O–H groups in total. The number of carboxylic acids is 1. The third kappa shape index (κ3) is 3.25. The summed E-state index contributed by atoms with van der Waals surface area (Å²) in [5.74, 6) is -0.712. The van der Waals surface area contributed by atoms with Crippen LogP contribution in [0.25, 0.3) is 0 Å². The number of carboxylic acid groups (broad SMARTS) is 1. The number of aliphatic carboxylic acids is 1. The van der Waals surface area contributed by atoms with Gasteiger partial charge in [-0.25, -0.2) is 4.79 Å². The monoisotopic (exact) mass is 293 g/mol. The molecule has 0 aliphatic heterocycles. The average Bonchev–Trinajstić information content (AvgIpc) is 3.09. The third-order valence-corrected chi connectivity index (χ3v) is 3.94. The molecule has 0 radical (unpaired) electrons. The number of nitrogens with zero attached hydrogens (tertiary/aromatic N) is 2. The van der Waals surface area contributed by atoms with E-state index in [1.807, 2.05) is 18.5 Å². The molecule has 21 heavy (non-hydrogen) atoms. The Morgan fingerprint density at radius 1 is 1.38 bits per heavy atom. The molecule has 1 saturated carbocycles. The number of amides is 1. The van der Waals surface area contributed by atoms with Gasteiger partial charge in [0, 0.05) is 17.8 Å². The molecule has 0 unspecified atom stereocenters. The van der Waals surface area contributed by atoms with Crippen LogP contribution in [0.4, 0.5) is 0 Å². The van der Waals surface area contributed by atoms with Crippen LogP contribution in [0.2, 0.25) is 0 Å². The maximum Gasteiger partial charge on any atom is 0.329 e. The Balaban J connectivity index is 2.07. The molecular weight excluding hydrogens is 270 g/mol. The molecule has 1 aromatic heterocycles. The van der Waals surface area contributed by atoms with Gasteiger partial charge in [0.2, 0.25) is 5.91 Å². The van der Waals surface area contributed by atoms with Gasteiger partial charge in [0.15, 0.2) is 0 Å². The van der Waals surface area contributed by atoms with Gasteiger partial charge in [-0.15, -0.1) is 0 Å². The van der Waals surface area contributed by atoms with E-state index in [2.05, 4.69) is 24.3 Å². The van der Waals surface area contributed by atoms with E-state index in [1.165, 1.54) is 0 Å². The molecule has 1 fully saturated rings. The fraction of sp³-hybridized carbons (Fsp3) is 0.667. The SMILES string of the molecule is Cc1nn(CC(C)C)c(C)c1CC(=O)NC1(C(=O)O)CC1. The lowest BCUT2D eigenvalue weighted by Gasteiger charge is -2.12. The highest BCUT2D eigenvalue weighted by atomic mass is 16.4. The van der Waals surface area contributed by atoms with Crippen LogP contribution in [0.1, 0.15) is 43.6 Å². The van der Waals surface area contributed by atoms with Crippen molar-refractivity contribution in [2.24, 2.45) is 5.92 Å². The van der Waals surface area contributed by atoms with E-state index in [9.17, 15) is 9.59 Å². The van der Waals surface area contributed by atoms with Gasteiger partial charge in [0.05, 0.1) is 12.1 Å². The van der Waals surface area contributed by atoms with E-state index in [1.54, 1.807) is 0 Å². The number of hydrogen-bond donors (Lipinski definition) is 2. The minimum absolute atomic E-state index is 0.185. The average molecular weight is 293 g/mol. The van der Waals surface area contributed by atoms with Gasteiger partial charge in [-0.2, -0.15) is 5.10 Å². The molecule has 0 aromatic carbocycles. The summed E-state index contributed by atoms with van der Waals surface area (Å²) >= 11 is 0. The van der Waals surface area contributed by atoms with Crippen LogP contribution in [-0.4, -0.2) is 32.3 Å². The summed E-state index contributed by atoms with van der Waals surface area (Å²) in [5, 5.41) is 16.2. The molecule has 1 aliphatic rings. The second-order valence-corrected chi connectivity index (χ2v) is 6.34. The zero-order valence-corrected chi connectivity index (χ0v) is 13.1. The number of nitrogens with one attached hydrogen (secondary N) is 1. The standard InChI is InChI=1S/C15H23N3O3/c1-9(2)8-18-11(4)12(10(3)17-18)7-13(19)16-15(5-6-15)14(20)21/h9H,5-8H2,1-4H3,(H,16,19)(H,20,21). The first kappa shape index (κ1) is 15.5. The van der Waals surface area contributed by atoms with Crippen LogP contribution in [0.3, 0.4) is 0 Å². The predicted octanol–water partition coefficient (Wildman–Crippen LogP) is 1.43. The summed E-state index contributed by atoms with van der Waals surface area (Å²) in [6, 6.07) is 0. The van der Waals surface area contributed by atoms with Gasteiger partial charge in [0.1, 0.15) is 5.54 Å². The van der Waals surface area contributed by atoms with Crippen molar-refractivity contribution in [1.29, 1.82) is 0 Å². The fourth-order valence-electron chi connectivity index (χ4n) is 2.50. The van der Waals surface area contributed by atoms with E-state index in [0.29, 0.717) is 18.8 Å². The van der Waals surface area contributed by atoms with Crippen LogP contribution in [0.15, 0.2) is 0 Å². The molecule has 6 heteroatoms. The number of carbonyl (C=O) groups excluding carboxylic acids is 1. The molecule has 1 amide bonds. The van der Waals surface area contributed by atoms with Crippen molar-refractivity contribution in [3.8, 4) is 0 Å². The Labute approximate surface area is 124 Å². The van der Waals surface area contributed by atoms with Gasteiger partial charge >= 0.3 is 5.97 Å². The second-order valence-electron chi connectivity index (χ2n) is 6.34. The van der Waals surface area contributed by atoms with Crippen molar-refractivity contribution >= 4 is 11.9 Å². The predicted molar refractivity (Wildman–Crippen MR) is 78.0 cm³/mol. The number of carbonyl (C=O) groups is 2. The molecule has 0 bridgehead atoms. The first-order valence-electron chi connectivity index (χ1n) is 7.32. The highest BCUT2D eigenvalue weighted by Crippen LogP contribution is 2.35. The molecule has 0 spiro atoms. The Hall–Kier alpha value is -1.85. The quantitative estimate of drug-likeness (QED) is 0.831. The van der Waals surface area contributed by atoms with E-state index in [4.69, 9.17) is 5.11 Å². The number of aromatic nitrogens is 2. The van der Waals surface area contributed by atoms with E-state index in [0.717, 1.165) is 23.5 Å². The molecule has 6 nitrogen and oxygen atoms in total. The van der Waals surface area contributed by atoms with Crippen LogP contribution in [0.5, 0.6) is 0 Å². The summed E-state index contributed by atoms with van der Waals surface area (Å²) < 4.78 is 1.92. The summed E-state index contributed by atoms with van der Waals surface area (Å²) in [6.07, 6.45) is 1.21. The zero-order valence-electron chi connectivity index (χ0n) is 13.1. The first-order valence-corrected chi connectivity index (χ1v) is 7.32. The van der Waals surface area contributed by atoms with Crippen molar-refractivity contribution < 1.29 is 14.7 Å². The molecule has 1 aliphatic carbocycles. The van der Waals surface area contributed by atoms with Crippen molar-refractivity contribution in [2.45, 2.75) is 59.0 Å². The number of hydrogen-bond acceptors (Lipinski definition) is 3. The Kier molecular flexibility index (Phi) is 4.07. The Morgan fingerprint density at radius 2 is 2.00 bits per heavy atom. The van der Waals surface area contributed by atoms with Gasteiger partial charge in [-0.3, -0.25) is 9.48 Å². The highest BCUT2D eigenvalue weighted by molar-refractivity contribution is 5.90. The Bertz CT molecular complexity index is 571. The lowest BCUT2D eigenvalue weighted by Crippen LogP contribution is -2.43. The van der Waals surface area contributed by atoms with Crippen molar-refractivity contribution in [2.75, 3.05) is 0 Å². The minimum atomic E-state index is -1.02. The van der Waals surface area contributed by atoms with Crippen molar-refractivity contribution in [1.82, 2.24) is 15.1 Å². The summed E-state index contributed by atoms with van der Waals surface area (Å²) in [5.41, 5.74) is 1.70. The van der Waals surface area contributed by atoms with Gasteiger partial charge in [-0.1, -0.05) is 13.8 Å². The molecule has 116 valence electrons. The van der Waals surface area contributed by atoms with Gasteiger partial charge in [0.25, 0.3) is 0 Å². The normalized spacial score (nSPS) is 16.0. The third-order valence-electron chi connectivity index (χ3n) is 3.94. The van der Waals surface area contributed by atoms with Crippen LogP contribution in [-0.2, 0) is 22.6 Å². The first-order chi connectivity index (χ1) is 9.75.